The first-order valence-electron chi connectivity index (χ1n) is 10.5. The molecule has 0 saturated carbocycles. The van der Waals surface area contributed by atoms with Gasteiger partial charge in [-0.1, -0.05) is 12.1 Å². The molecule has 0 fully saturated rings. The molecule has 0 saturated heterocycles. The van der Waals surface area contributed by atoms with E-state index in [0.717, 1.165) is 22.7 Å². The second-order valence-corrected chi connectivity index (χ2v) is 9.27. The van der Waals surface area contributed by atoms with E-state index in [-0.39, 0.29) is 0 Å². The Morgan fingerprint density at radius 2 is 1.82 bits per heavy atom. The molecule has 34 heavy (non-hydrogen) atoms. The lowest BCUT2D eigenvalue weighted by Gasteiger charge is -2.21. The number of rotatable bonds is 7. The van der Waals surface area contributed by atoms with Crippen LogP contribution in [0.1, 0.15) is 49.7 Å². The number of aliphatic carboxylic acids is 1. The van der Waals surface area contributed by atoms with E-state index in [4.69, 9.17) is 9.15 Å². The van der Waals surface area contributed by atoms with Gasteiger partial charge in [0.05, 0.1) is 11.3 Å². The number of carboxylic acids is 1. The lowest BCUT2D eigenvalue weighted by Crippen LogP contribution is -2.36. The third-order valence-electron chi connectivity index (χ3n) is 5.13. The van der Waals surface area contributed by atoms with Gasteiger partial charge in [-0.3, -0.25) is 0 Å². The summed E-state index contributed by atoms with van der Waals surface area (Å²) in [6.45, 7) is 8.19. The van der Waals surface area contributed by atoms with Crippen molar-refractivity contribution in [3.63, 3.8) is 0 Å². The number of nitrogens with zero attached hydrogens (tertiary/aromatic N) is 2. The zero-order chi connectivity index (χ0) is 25.3. The van der Waals surface area contributed by atoms with Gasteiger partial charge in [-0.25, -0.2) is 14.8 Å². The van der Waals surface area contributed by atoms with E-state index < -0.39 is 23.3 Å². The number of aromatic nitrogens is 2. The number of thiazole rings is 1. The summed E-state index contributed by atoms with van der Waals surface area (Å²) in [5, 5.41) is 10.4. The Labute approximate surface area is 198 Å². The Bertz CT molecular complexity index is 1310. The van der Waals surface area contributed by atoms with Crippen molar-refractivity contribution in [1.82, 2.24) is 9.97 Å². The summed E-state index contributed by atoms with van der Waals surface area (Å²) in [7, 11) is 0. The number of carbonyl (C=O) groups is 1. The van der Waals surface area contributed by atoms with Crippen LogP contribution in [0.25, 0.3) is 22.4 Å². The molecule has 3 aromatic rings. The Morgan fingerprint density at radius 3 is 2.38 bits per heavy atom. The molecule has 0 unspecified atom stereocenters. The van der Waals surface area contributed by atoms with Crippen LogP contribution in [0.2, 0.25) is 0 Å². The van der Waals surface area contributed by atoms with Crippen LogP contribution in [0.5, 0.6) is 0 Å². The molecule has 0 amide bonds. The predicted molar refractivity (Wildman–Crippen MR) is 122 cm³/mol. The van der Waals surface area contributed by atoms with Crippen LogP contribution in [0, 0.1) is 6.92 Å². The van der Waals surface area contributed by atoms with Gasteiger partial charge in [-0.15, -0.1) is 11.3 Å². The Kier molecular flexibility index (Phi) is 7.21. The summed E-state index contributed by atoms with van der Waals surface area (Å²) in [5.74, 6) is -0.292. The third kappa shape index (κ3) is 5.67. The molecule has 0 radical (unpaired) electrons. The standard InChI is InChI=1S/C24H25F3N2O4S/c1-6-17-20(14(3)33-23(4,5)22(30)31)29-19(32-17)12-11-18-13(2)28-21(34-18)15-7-9-16(10-8-15)24(25,26)27/h6-10H,11-12H2,1-5H3,(H,30,31)/b17-6+,20-14-. The molecule has 10 heteroatoms. The van der Waals surface area contributed by atoms with Crippen LogP contribution in [-0.2, 0) is 28.5 Å². The summed E-state index contributed by atoms with van der Waals surface area (Å²) in [6.07, 6.45) is -1.61. The SMILES string of the molecule is C/C=c1/oc(CCc2sc(-c3ccc(C(F)(F)F)cc3)nc2C)n/c1=C(/C)OC(C)(C)C(=O)O. The van der Waals surface area contributed by atoms with Crippen molar-refractivity contribution in [2.75, 3.05) is 0 Å². The van der Waals surface area contributed by atoms with Gasteiger partial charge >= 0.3 is 12.1 Å². The first-order valence-corrected chi connectivity index (χ1v) is 11.3. The van der Waals surface area contributed by atoms with Crippen molar-refractivity contribution in [3.8, 4) is 10.6 Å². The molecule has 2 heterocycles. The van der Waals surface area contributed by atoms with Crippen molar-refractivity contribution in [2.45, 2.75) is 59.2 Å². The van der Waals surface area contributed by atoms with Crippen molar-refractivity contribution in [2.24, 2.45) is 0 Å². The highest BCUT2D eigenvalue weighted by Gasteiger charge is 2.31. The lowest BCUT2D eigenvalue weighted by atomic mass is 10.1. The van der Waals surface area contributed by atoms with Gasteiger partial charge in [0.25, 0.3) is 0 Å². The van der Waals surface area contributed by atoms with Gasteiger partial charge in [-0.2, -0.15) is 13.2 Å². The lowest BCUT2D eigenvalue weighted by molar-refractivity contribution is -0.154. The monoisotopic (exact) mass is 494 g/mol. The molecule has 0 aliphatic carbocycles. The van der Waals surface area contributed by atoms with Crippen LogP contribution in [0.3, 0.4) is 0 Å². The predicted octanol–water partition coefficient (Wildman–Crippen LogP) is 4.72. The molecular weight excluding hydrogens is 469 g/mol. The number of carboxylic acid groups (broad SMARTS) is 1. The molecule has 2 aromatic heterocycles. The van der Waals surface area contributed by atoms with Gasteiger partial charge in [0.15, 0.2) is 16.9 Å². The minimum absolute atomic E-state index is 0.342. The minimum Gasteiger partial charge on any atom is -0.478 e. The number of ether oxygens (including phenoxy) is 1. The normalized spacial score (nSPS) is 13.8. The van der Waals surface area contributed by atoms with Gasteiger partial charge in [0.2, 0.25) is 0 Å². The fourth-order valence-corrected chi connectivity index (χ4v) is 4.28. The van der Waals surface area contributed by atoms with E-state index in [2.05, 4.69) is 9.97 Å². The molecule has 0 aliphatic rings. The van der Waals surface area contributed by atoms with Crippen molar-refractivity contribution >= 4 is 29.1 Å². The van der Waals surface area contributed by atoms with Crippen molar-refractivity contribution in [1.29, 1.82) is 0 Å². The Morgan fingerprint density at radius 1 is 1.18 bits per heavy atom. The maximum atomic E-state index is 12.8. The third-order valence-corrected chi connectivity index (χ3v) is 6.40. The first-order chi connectivity index (χ1) is 15.8. The number of benzene rings is 1. The van der Waals surface area contributed by atoms with Crippen LogP contribution in [0.4, 0.5) is 13.2 Å². The van der Waals surface area contributed by atoms with Crippen LogP contribution in [-0.4, -0.2) is 26.6 Å². The Hall–Kier alpha value is -3.14. The van der Waals surface area contributed by atoms with Crippen molar-refractivity contribution < 1.29 is 32.2 Å². The first kappa shape index (κ1) is 25.5. The number of hydrogen-bond acceptors (Lipinski definition) is 6. The summed E-state index contributed by atoms with van der Waals surface area (Å²) < 4.78 is 49.8. The average molecular weight is 495 g/mol. The van der Waals surface area contributed by atoms with Crippen LogP contribution < -0.4 is 10.8 Å². The van der Waals surface area contributed by atoms with E-state index >= 15 is 0 Å². The topological polar surface area (TPSA) is 85.5 Å². The number of oxazole rings is 1. The molecule has 0 spiro atoms. The number of hydrogen-bond donors (Lipinski definition) is 1. The molecule has 6 nitrogen and oxygen atoms in total. The number of halogens is 3. The molecule has 1 N–H and O–H groups in total. The van der Waals surface area contributed by atoms with Gasteiger partial charge in [0, 0.05) is 16.9 Å². The highest BCUT2D eigenvalue weighted by atomic mass is 32.1. The molecule has 3 rings (SSSR count). The zero-order valence-corrected chi connectivity index (χ0v) is 20.2. The highest BCUT2D eigenvalue weighted by Crippen LogP contribution is 2.33. The van der Waals surface area contributed by atoms with Crippen LogP contribution in [0.15, 0.2) is 28.7 Å². The molecular formula is C24H25F3N2O4S. The van der Waals surface area contributed by atoms with E-state index in [1.807, 2.05) is 6.92 Å². The summed E-state index contributed by atoms with van der Waals surface area (Å²) in [6, 6.07) is 4.95. The number of aryl methyl sites for hydroxylation is 3. The Balaban J connectivity index is 1.80. The summed E-state index contributed by atoms with van der Waals surface area (Å²) >= 11 is 1.41. The van der Waals surface area contributed by atoms with Gasteiger partial charge < -0.3 is 14.3 Å². The highest BCUT2D eigenvalue weighted by molar-refractivity contribution is 7.15. The maximum absolute atomic E-state index is 12.8. The van der Waals surface area contributed by atoms with Crippen LogP contribution >= 0.6 is 11.3 Å². The second kappa shape index (κ2) is 9.61. The van der Waals surface area contributed by atoms with Crippen molar-refractivity contribution in [3.05, 3.63) is 57.1 Å². The quantitative estimate of drug-likeness (QED) is 0.512. The summed E-state index contributed by atoms with van der Waals surface area (Å²) in [4.78, 5) is 21.3. The van der Waals surface area contributed by atoms with E-state index in [1.165, 1.54) is 37.3 Å². The largest absolute Gasteiger partial charge is 0.478 e. The fourth-order valence-electron chi connectivity index (χ4n) is 3.21. The molecule has 0 bridgehead atoms. The average Bonchev–Trinajstić information content (AvgIpc) is 3.34. The number of alkyl halides is 3. The fraction of sp³-hybridized carbons (Fsp3) is 0.375. The minimum atomic E-state index is -4.38. The maximum Gasteiger partial charge on any atom is 0.416 e. The molecule has 182 valence electrons. The van der Waals surface area contributed by atoms with Gasteiger partial charge in [-0.05, 0) is 59.2 Å². The second-order valence-electron chi connectivity index (χ2n) is 8.19. The summed E-state index contributed by atoms with van der Waals surface area (Å²) in [5.41, 5.74) is -0.209. The molecule has 0 atom stereocenters. The van der Waals surface area contributed by atoms with Gasteiger partial charge in [0.1, 0.15) is 16.1 Å². The molecule has 1 aromatic carbocycles. The van der Waals surface area contributed by atoms with E-state index in [0.29, 0.717) is 45.8 Å². The zero-order valence-electron chi connectivity index (χ0n) is 19.4. The van der Waals surface area contributed by atoms with E-state index in [9.17, 15) is 23.1 Å². The van der Waals surface area contributed by atoms with E-state index in [1.54, 1.807) is 19.9 Å². The molecule has 0 aliphatic heterocycles. The smallest absolute Gasteiger partial charge is 0.416 e.